The lowest BCUT2D eigenvalue weighted by Gasteiger charge is -2.12. The first-order valence-electron chi connectivity index (χ1n) is 9.05. The number of carbonyl (C=O) groups excluding carboxylic acids is 3. The average Bonchev–Trinajstić information content (AvgIpc) is 2.73. The van der Waals surface area contributed by atoms with Crippen LogP contribution < -0.4 is 16.0 Å². The highest BCUT2D eigenvalue weighted by Gasteiger charge is 2.12. The number of thiocarbonyl (C=S) groups is 1. The van der Waals surface area contributed by atoms with Crippen LogP contribution in [0.15, 0.2) is 48.5 Å². The highest BCUT2D eigenvalue weighted by molar-refractivity contribution is 7.80. The molecule has 0 aliphatic carbocycles. The maximum atomic E-state index is 12.3. The van der Waals surface area contributed by atoms with E-state index in [1.807, 2.05) is 13.8 Å². The third-order valence-corrected chi connectivity index (χ3v) is 4.37. The SMILES string of the molecule is CCC(C)NC(=O)c1ccc(NC(=S)NC(=O)c2cccc(C(=O)OC)c2)cc1. The summed E-state index contributed by atoms with van der Waals surface area (Å²) in [6.45, 7) is 3.94. The van der Waals surface area contributed by atoms with Gasteiger partial charge >= 0.3 is 5.97 Å². The molecule has 0 saturated carbocycles. The second kappa shape index (κ2) is 10.3. The van der Waals surface area contributed by atoms with Crippen LogP contribution in [0, 0.1) is 0 Å². The minimum absolute atomic E-state index is 0.0928. The molecule has 0 aliphatic heterocycles. The maximum Gasteiger partial charge on any atom is 0.337 e. The van der Waals surface area contributed by atoms with Crippen LogP contribution in [0.3, 0.4) is 0 Å². The standard InChI is InChI=1S/C21H23N3O4S/c1-4-13(2)22-18(25)14-8-10-17(11-9-14)23-21(29)24-19(26)15-6-5-7-16(12-15)20(27)28-3/h5-13H,4H2,1-3H3,(H,22,25)(H2,23,24,26,29). The topological polar surface area (TPSA) is 96.5 Å². The van der Waals surface area contributed by atoms with E-state index in [9.17, 15) is 14.4 Å². The highest BCUT2D eigenvalue weighted by atomic mass is 32.1. The molecular weight excluding hydrogens is 390 g/mol. The van der Waals surface area contributed by atoms with E-state index in [2.05, 4.69) is 20.7 Å². The molecule has 0 fully saturated rings. The van der Waals surface area contributed by atoms with Crippen molar-refractivity contribution in [2.75, 3.05) is 12.4 Å². The molecule has 8 heteroatoms. The van der Waals surface area contributed by atoms with Crippen LogP contribution in [-0.2, 0) is 4.74 Å². The van der Waals surface area contributed by atoms with Crippen molar-refractivity contribution in [3.8, 4) is 0 Å². The van der Waals surface area contributed by atoms with Gasteiger partial charge in [0.2, 0.25) is 0 Å². The van der Waals surface area contributed by atoms with Gasteiger partial charge in [0.1, 0.15) is 0 Å². The molecule has 0 saturated heterocycles. The van der Waals surface area contributed by atoms with Crippen molar-refractivity contribution in [2.24, 2.45) is 0 Å². The summed E-state index contributed by atoms with van der Waals surface area (Å²) in [5.74, 6) is -1.14. The van der Waals surface area contributed by atoms with Crippen molar-refractivity contribution in [1.29, 1.82) is 0 Å². The molecule has 2 aromatic carbocycles. The molecule has 3 N–H and O–H groups in total. The van der Waals surface area contributed by atoms with Crippen molar-refractivity contribution >= 4 is 40.8 Å². The zero-order valence-corrected chi connectivity index (χ0v) is 17.3. The minimum Gasteiger partial charge on any atom is -0.465 e. The maximum absolute atomic E-state index is 12.3. The molecule has 0 aromatic heterocycles. The second-order valence-electron chi connectivity index (χ2n) is 6.34. The van der Waals surface area contributed by atoms with E-state index in [1.165, 1.54) is 13.2 Å². The molecule has 7 nitrogen and oxygen atoms in total. The van der Waals surface area contributed by atoms with Crippen molar-refractivity contribution in [3.63, 3.8) is 0 Å². The van der Waals surface area contributed by atoms with E-state index >= 15 is 0 Å². The number of esters is 1. The van der Waals surface area contributed by atoms with E-state index in [4.69, 9.17) is 12.2 Å². The largest absolute Gasteiger partial charge is 0.465 e. The fraction of sp³-hybridized carbons (Fsp3) is 0.238. The number of anilines is 1. The van der Waals surface area contributed by atoms with E-state index < -0.39 is 11.9 Å². The summed E-state index contributed by atoms with van der Waals surface area (Å²) in [6, 6.07) is 13.0. The number of amides is 2. The van der Waals surface area contributed by atoms with Crippen LogP contribution in [0.25, 0.3) is 0 Å². The first-order chi connectivity index (χ1) is 13.8. The van der Waals surface area contributed by atoms with Gasteiger partial charge in [-0.05, 0) is 68.0 Å². The highest BCUT2D eigenvalue weighted by Crippen LogP contribution is 2.11. The molecule has 1 unspecified atom stereocenters. The fourth-order valence-corrected chi connectivity index (χ4v) is 2.57. The molecule has 0 bridgehead atoms. The number of rotatable bonds is 6. The van der Waals surface area contributed by atoms with Gasteiger partial charge in [-0.2, -0.15) is 0 Å². The second-order valence-corrected chi connectivity index (χ2v) is 6.75. The molecular formula is C21H23N3O4S. The lowest BCUT2D eigenvalue weighted by molar-refractivity contribution is 0.0600. The summed E-state index contributed by atoms with van der Waals surface area (Å²) >= 11 is 5.16. The van der Waals surface area contributed by atoms with Gasteiger partial charge in [0, 0.05) is 22.9 Å². The van der Waals surface area contributed by atoms with Gasteiger partial charge in [-0.15, -0.1) is 0 Å². The van der Waals surface area contributed by atoms with Gasteiger partial charge in [0.25, 0.3) is 11.8 Å². The molecule has 0 radical (unpaired) electrons. The van der Waals surface area contributed by atoms with Crippen molar-refractivity contribution in [1.82, 2.24) is 10.6 Å². The lowest BCUT2D eigenvalue weighted by atomic mass is 10.1. The van der Waals surface area contributed by atoms with Crippen LogP contribution in [0.1, 0.15) is 51.3 Å². The van der Waals surface area contributed by atoms with Crippen molar-refractivity contribution in [3.05, 3.63) is 65.2 Å². The quantitative estimate of drug-likeness (QED) is 0.497. The minimum atomic E-state index is -0.530. The van der Waals surface area contributed by atoms with E-state index in [-0.39, 0.29) is 28.2 Å². The number of hydrogen-bond acceptors (Lipinski definition) is 5. The molecule has 0 heterocycles. The normalized spacial score (nSPS) is 11.1. The first kappa shape index (κ1) is 22.0. The molecule has 0 spiro atoms. The number of hydrogen-bond donors (Lipinski definition) is 3. The van der Waals surface area contributed by atoms with Gasteiger partial charge in [-0.3, -0.25) is 14.9 Å². The summed E-state index contributed by atoms with van der Waals surface area (Å²) in [7, 11) is 1.27. The third-order valence-electron chi connectivity index (χ3n) is 4.17. The molecule has 0 aliphatic rings. The van der Waals surface area contributed by atoms with Gasteiger partial charge in [-0.25, -0.2) is 4.79 Å². The van der Waals surface area contributed by atoms with Crippen molar-refractivity contribution < 1.29 is 19.1 Å². The van der Waals surface area contributed by atoms with Crippen LogP contribution in [0.4, 0.5) is 5.69 Å². The Kier molecular flexibility index (Phi) is 7.85. The van der Waals surface area contributed by atoms with Crippen molar-refractivity contribution in [2.45, 2.75) is 26.3 Å². The van der Waals surface area contributed by atoms with Gasteiger partial charge in [0.05, 0.1) is 12.7 Å². The third kappa shape index (κ3) is 6.39. The predicted octanol–water partition coefficient (Wildman–Crippen LogP) is 3.13. The van der Waals surface area contributed by atoms with Crippen LogP contribution in [-0.4, -0.2) is 36.0 Å². The molecule has 2 rings (SSSR count). The summed E-state index contributed by atoms with van der Waals surface area (Å²) in [5.41, 5.74) is 1.70. The average molecular weight is 413 g/mol. The molecule has 2 amide bonds. The Morgan fingerprint density at radius 2 is 1.66 bits per heavy atom. The zero-order valence-electron chi connectivity index (χ0n) is 16.4. The number of methoxy groups -OCH3 is 1. The summed E-state index contributed by atoms with van der Waals surface area (Å²) in [4.78, 5) is 36.0. The monoisotopic (exact) mass is 413 g/mol. The van der Waals surface area contributed by atoms with Gasteiger partial charge in [0.15, 0.2) is 5.11 Å². The fourth-order valence-electron chi connectivity index (χ4n) is 2.36. The number of carbonyl (C=O) groups is 3. The number of ether oxygens (including phenoxy) is 1. The number of nitrogens with one attached hydrogen (secondary N) is 3. The molecule has 2 aromatic rings. The Morgan fingerprint density at radius 3 is 2.28 bits per heavy atom. The van der Waals surface area contributed by atoms with E-state index in [0.717, 1.165) is 6.42 Å². The van der Waals surface area contributed by atoms with Crippen LogP contribution >= 0.6 is 12.2 Å². The molecule has 29 heavy (non-hydrogen) atoms. The Morgan fingerprint density at radius 1 is 1.00 bits per heavy atom. The smallest absolute Gasteiger partial charge is 0.337 e. The Hall–Kier alpha value is -3.26. The number of benzene rings is 2. The predicted molar refractivity (Wildman–Crippen MR) is 115 cm³/mol. The van der Waals surface area contributed by atoms with Crippen LogP contribution in [0.2, 0.25) is 0 Å². The Labute approximate surface area is 174 Å². The first-order valence-corrected chi connectivity index (χ1v) is 9.46. The zero-order chi connectivity index (χ0) is 21.4. The summed E-state index contributed by atoms with van der Waals surface area (Å²) in [5, 5.41) is 8.42. The molecule has 1 atom stereocenters. The van der Waals surface area contributed by atoms with Gasteiger partial charge in [-0.1, -0.05) is 13.0 Å². The van der Waals surface area contributed by atoms with Crippen LogP contribution in [0.5, 0.6) is 0 Å². The summed E-state index contributed by atoms with van der Waals surface area (Å²) in [6.07, 6.45) is 0.849. The summed E-state index contributed by atoms with van der Waals surface area (Å²) < 4.78 is 4.65. The Balaban J connectivity index is 1.96. The van der Waals surface area contributed by atoms with Gasteiger partial charge < -0.3 is 15.4 Å². The lowest BCUT2D eigenvalue weighted by Crippen LogP contribution is -2.34. The molecule has 152 valence electrons. The van der Waals surface area contributed by atoms with E-state index in [0.29, 0.717) is 11.3 Å². The van der Waals surface area contributed by atoms with E-state index in [1.54, 1.807) is 42.5 Å². The Bertz CT molecular complexity index is 912.